The maximum atomic E-state index is 13.8. The third-order valence-electron chi connectivity index (χ3n) is 6.68. The molecule has 40 heavy (non-hydrogen) atoms. The summed E-state index contributed by atoms with van der Waals surface area (Å²) in [6, 6.07) is 9.04. The highest BCUT2D eigenvalue weighted by molar-refractivity contribution is 5.90. The number of benzene rings is 1. The molecule has 216 valence electrons. The number of hydrogen-bond acceptors (Lipinski definition) is 8. The van der Waals surface area contributed by atoms with Crippen LogP contribution in [0, 0.1) is 5.41 Å². The molecule has 0 bridgehead atoms. The van der Waals surface area contributed by atoms with Crippen LogP contribution in [-0.2, 0) is 14.3 Å². The van der Waals surface area contributed by atoms with Crippen LogP contribution < -0.4 is 20.4 Å². The number of carbonyl (C=O) groups excluding carboxylic acids is 2. The van der Waals surface area contributed by atoms with Crippen LogP contribution in [-0.4, -0.2) is 63.3 Å². The maximum Gasteiger partial charge on any atom is 0.408 e. The first kappa shape index (κ1) is 29.1. The lowest BCUT2D eigenvalue weighted by atomic mass is 9.85. The Balaban J connectivity index is 1.60. The SMILES string of the molecule is CC1NOc2c(O[C@@H]3C[C@@H](C(=O)O)N(C(=O)[C@@H](NC(=O)OC(C)(C)C)C(C)(C)C)C3)cc(-c3ccccc3)nc21. The summed E-state index contributed by atoms with van der Waals surface area (Å²) in [5, 5.41) is 12.7. The van der Waals surface area contributed by atoms with Gasteiger partial charge in [0.15, 0.2) is 5.75 Å². The average Bonchev–Trinajstić information content (AvgIpc) is 3.45. The van der Waals surface area contributed by atoms with Gasteiger partial charge in [0.2, 0.25) is 11.7 Å². The lowest BCUT2D eigenvalue weighted by Gasteiger charge is -2.35. The van der Waals surface area contributed by atoms with E-state index in [4.69, 9.17) is 19.3 Å². The molecule has 4 atom stereocenters. The first-order chi connectivity index (χ1) is 18.6. The summed E-state index contributed by atoms with van der Waals surface area (Å²) in [7, 11) is 0. The quantitative estimate of drug-likeness (QED) is 0.482. The topological polar surface area (TPSA) is 139 Å². The summed E-state index contributed by atoms with van der Waals surface area (Å²) in [6.45, 7) is 12.5. The zero-order valence-electron chi connectivity index (χ0n) is 24.0. The summed E-state index contributed by atoms with van der Waals surface area (Å²) < 4.78 is 11.7. The Morgan fingerprint density at radius 2 is 1.82 bits per heavy atom. The molecule has 3 N–H and O–H groups in total. The Bertz CT molecular complexity index is 1270. The second kappa shape index (κ2) is 11.0. The van der Waals surface area contributed by atoms with Gasteiger partial charge in [0.05, 0.1) is 18.3 Å². The lowest BCUT2D eigenvalue weighted by Crippen LogP contribution is -2.57. The zero-order chi connectivity index (χ0) is 29.4. The number of pyridine rings is 1. The smallest absolute Gasteiger partial charge is 0.408 e. The van der Waals surface area contributed by atoms with Crippen LogP contribution in [0.4, 0.5) is 4.79 Å². The zero-order valence-corrected chi connectivity index (χ0v) is 24.0. The molecule has 2 amide bonds. The number of amides is 2. The minimum absolute atomic E-state index is 0.0130. The van der Waals surface area contributed by atoms with E-state index in [0.717, 1.165) is 5.56 Å². The Kier molecular flexibility index (Phi) is 7.98. The summed E-state index contributed by atoms with van der Waals surface area (Å²) in [5.74, 6) is -0.833. The minimum atomic E-state index is -1.15. The van der Waals surface area contributed by atoms with Gasteiger partial charge in [-0.1, -0.05) is 51.1 Å². The first-order valence-electron chi connectivity index (χ1n) is 13.4. The standard InChI is InChI=1S/C29H38N4O7/c1-16-22-23(40-32-16)21(14-19(30-22)17-11-9-8-10-12-17)38-18-13-20(26(35)36)33(15-18)25(34)24(28(2,3)4)31-27(37)39-29(5,6)7/h8-12,14,16,18,20,24,32H,13,15H2,1-7H3,(H,31,37)(H,35,36)/t16?,18-,20+,24-/m1/s1. The molecule has 2 aliphatic rings. The number of aromatic nitrogens is 1. The van der Waals surface area contributed by atoms with Crippen molar-refractivity contribution in [1.82, 2.24) is 20.7 Å². The molecule has 11 heteroatoms. The van der Waals surface area contributed by atoms with Crippen molar-refractivity contribution in [2.45, 2.75) is 84.7 Å². The number of rotatable bonds is 6. The van der Waals surface area contributed by atoms with Gasteiger partial charge in [0, 0.05) is 18.1 Å². The van der Waals surface area contributed by atoms with E-state index >= 15 is 0 Å². The second-order valence-corrected chi connectivity index (χ2v) is 12.3. The fourth-order valence-corrected chi connectivity index (χ4v) is 4.75. The van der Waals surface area contributed by atoms with Gasteiger partial charge in [-0.05, 0) is 33.1 Å². The van der Waals surface area contributed by atoms with E-state index in [1.807, 2.05) is 37.3 Å². The predicted octanol–water partition coefficient (Wildman–Crippen LogP) is 4.08. The molecule has 0 saturated carbocycles. The fourth-order valence-electron chi connectivity index (χ4n) is 4.75. The molecular weight excluding hydrogens is 516 g/mol. The number of aliphatic carboxylic acids is 1. The van der Waals surface area contributed by atoms with Crippen molar-refractivity contribution < 1.29 is 33.8 Å². The van der Waals surface area contributed by atoms with Crippen molar-refractivity contribution in [2.75, 3.05) is 6.54 Å². The monoisotopic (exact) mass is 554 g/mol. The molecule has 1 fully saturated rings. The molecule has 3 heterocycles. The van der Waals surface area contributed by atoms with Crippen LogP contribution in [0.5, 0.6) is 11.5 Å². The molecule has 1 aromatic heterocycles. The van der Waals surface area contributed by atoms with Gasteiger partial charge in [0.25, 0.3) is 0 Å². The summed E-state index contributed by atoms with van der Waals surface area (Å²) in [5.41, 5.74) is 3.66. The first-order valence-corrected chi connectivity index (χ1v) is 13.4. The molecule has 4 rings (SSSR count). The number of carboxylic acid groups (broad SMARTS) is 1. The van der Waals surface area contributed by atoms with Gasteiger partial charge in [-0.25, -0.2) is 14.6 Å². The minimum Gasteiger partial charge on any atom is -0.484 e. The number of nitrogens with zero attached hydrogens (tertiary/aromatic N) is 2. The Morgan fingerprint density at radius 3 is 2.42 bits per heavy atom. The molecule has 2 aliphatic heterocycles. The van der Waals surface area contributed by atoms with Crippen LogP contribution in [0.15, 0.2) is 36.4 Å². The largest absolute Gasteiger partial charge is 0.484 e. The lowest BCUT2D eigenvalue weighted by molar-refractivity contribution is -0.150. The van der Waals surface area contributed by atoms with Gasteiger partial charge in [-0.15, -0.1) is 5.48 Å². The van der Waals surface area contributed by atoms with Crippen LogP contribution in [0.1, 0.15) is 66.6 Å². The molecule has 0 radical (unpaired) electrons. The van der Waals surface area contributed by atoms with Crippen molar-refractivity contribution in [3.63, 3.8) is 0 Å². The predicted molar refractivity (Wildman–Crippen MR) is 147 cm³/mol. The van der Waals surface area contributed by atoms with Crippen molar-refractivity contribution in [3.05, 3.63) is 42.1 Å². The second-order valence-electron chi connectivity index (χ2n) is 12.3. The van der Waals surface area contributed by atoms with E-state index in [9.17, 15) is 19.5 Å². The highest BCUT2D eigenvalue weighted by Gasteiger charge is 2.46. The van der Waals surface area contributed by atoms with Gasteiger partial charge in [0.1, 0.15) is 29.5 Å². The maximum absolute atomic E-state index is 13.8. The van der Waals surface area contributed by atoms with Crippen molar-refractivity contribution in [2.24, 2.45) is 5.41 Å². The summed E-state index contributed by atoms with van der Waals surface area (Å²) >= 11 is 0. The number of alkyl carbamates (subject to hydrolysis) is 1. The number of hydrogen-bond donors (Lipinski definition) is 3. The Morgan fingerprint density at radius 1 is 1.15 bits per heavy atom. The molecule has 0 spiro atoms. The van der Waals surface area contributed by atoms with Gasteiger partial charge in [-0.3, -0.25) is 4.79 Å². The number of carboxylic acids is 1. The van der Waals surface area contributed by atoms with Crippen LogP contribution in [0.2, 0.25) is 0 Å². The molecular formula is C29H38N4O7. The molecule has 1 saturated heterocycles. The number of likely N-dealkylation sites (tertiary alicyclic amines) is 1. The molecule has 1 unspecified atom stereocenters. The number of ether oxygens (including phenoxy) is 2. The molecule has 11 nitrogen and oxygen atoms in total. The summed E-state index contributed by atoms with van der Waals surface area (Å²) in [6.07, 6.45) is -1.33. The number of fused-ring (bicyclic) bond motifs is 1. The van der Waals surface area contributed by atoms with E-state index in [1.54, 1.807) is 47.6 Å². The Hall–Kier alpha value is -3.86. The van der Waals surface area contributed by atoms with Gasteiger partial charge < -0.3 is 29.6 Å². The third kappa shape index (κ3) is 6.47. The van der Waals surface area contributed by atoms with Gasteiger partial charge >= 0.3 is 12.1 Å². The third-order valence-corrected chi connectivity index (χ3v) is 6.68. The average molecular weight is 555 g/mol. The van der Waals surface area contributed by atoms with Crippen molar-refractivity contribution >= 4 is 18.0 Å². The van der Waals surface area contributed by atoms with E-state index in [1.165, 1.54) is 4.90 Å². The van der Waals surface area contributed by atoms with Crippen molar-refractivity contribution in [1.29, 1.82) is 0 Å². The fraction of sp³-hybridized carbons (Fsp3) is 0.517. The molecule has 0 aliphatic carbocycles. The molecule has 2 aromatic rings. The number of carbonyl (C=O) groups is 3. The summed E-state index contributed by atoms with van der Waals surface area (Å²) in [4.78, 5) is 50.3. The van der Waals surface area contributed by atoms with Crippen LogP contribution in [0.3, 0.4) is 0 Å². The normalized spacial score (nSPS) is 21.3. The van der Waals surface area contributed by atoms with Crippen LogP contribution in [0.25, 0.3) is 11.3 Å². The van der Waals surface area contributed by atoms with Crippen molar-refractivity contribution in [3.8, 4) is 22.8 Å². The number of nitrogens with one attached hydrogen (secondary N) is 2. The van der Waals surface area contributed by atoms with E-state index in [2.05, 4.69) is 10.8 Å². The highest BCUT2D eigenvalue weighted by atomic mass is 16.7. The van der Waals surface area contributed by atoms with E-state index < -0.39 is 47.2 Å². The Labute approximate surface area is 234 Å². The highest BCUT2D eigenvalue weighted by Crippen LogP contribution is 2.41. The number of hydroxylamine groups is 1. The van der Waals surface area contributed by atoms with Crippen LogP contribution >= 0.6 is 0 Å². The molecule has 1 aromatic carbocycles. The van der Waals surface area contributed by atoms with E-state index in [0.29, 0.717) is 22.9 Å². The van der Waals surface area contributed by atoms with E-state index in [-0.39, 0.29) is 19.0 Å². The van der Waals surface area contributed by atoms with Gasteiger partial charge in [-0.2, -0.15) is 0 Å².